The summed E-state index contributed by atoms with van der Waals surface area (Å²) in [5, 5.41) is 8.24. The zero-order valence-corrected chi connectivity index (χ0v) is 9.95. The van der Waals surface area contributed by atoms with Gasteiger partial charge in [-0.15, -0.1) is 10.2 Å². The molecule has 1 unspecified atom stereocenters. The van der Waals surface area contributed by atoms with Gasteiger partial charge >= 0.3 is 0 Å². The smallest absolute Gasteiger partial charge is 0.165 e. The summed E-state index contributed by atoms with van der Waals surface area (Å²) in [7, 11) is 0. The lowest BCUT2D eigenvalue weighted by molar-refractivity contribution is 0.00342. The highest BCUT2D eigenvalue weighted by molar-refractivity contribution is 5.05. The summed E-state index contributed by atoms with van der Waals surface area (Å²) in [5.41, 5.74) is -0.239. The molecule has 1 aromatic rings. The molecule has 4 heteroatoms. The Labute approximate surface area is 90.7 Å². The van der Waals surface area contributed by atoms with Crippen LogP contribution in [0.15, 0.2) is 6.33 Å². The van der Waals surface area contributed by atoms with Crippen LogP contribution in [0.4, 0.5) is 0 Å². The Morgan fingerprint density at radius 3 is 2.73 bits per heavy atom. The van der Waals surface area contributed by atoms with Crippen LogP contribution < -0.4 is 0 Å². The van der Waals surface area contributed by atoms with Crippen molar-refractivity contribution in [2.75, 3.05) is 6.61 Å². The van der Waals surface area contributed by atoms with Crippen molar-refractivity contribution in [2.45, 2.75) is 51.7 Å². The van der Waals surface area contributed by atoms with Gasteiger partial charge < -0.3 is 9.30 Å². The van der Waals surface area contributed by atoms with Gasteiger partial charge in [0.1, 0.15) is 11.9 Å². The Bertz CT molecular complexity index is 345. The monoisotopic (exact) mass is 209 g/mol. The Balaban J connectivity index is 2.40. The van der Waals surface area contributed by atoms with E-state index in [1.54, 1.807) is 6.33 Å². The van der Waals surface area contributed by atoms with Crippen molar-refractivity contribution in [3.8, 4) is 0 Å². The fourth-order valence-electron chi connectivity index (χ4n) is 2.04. The van der Waals surface area contributed by atoms with E-state index in [0.29, 0.717) is 0 Å². The van der Waals surface area contributed by atoms with Crippen LogP contribution in [-0.4, -0.2) is 21.4 Å². The number of nitrogens with zero attached hydrogens (tertiary/aromatic N) is 3. The largest absolute Gasteiger partial charge is 0.367 e. The van der Waals surface area contributed by atoms with Crippen molar-refractivity contribution in [2.24, 2.45) is 0 Å². The van der Waals surface area contributed by atoms with Gasteiger partial charge in [-0.25, -0.2) is 0 Å². The molecule has 0 spiro atoms. The van der Waals surface area contributed by atoms with Crippen molar-refractivity contribution in [3.05, 3.63) is 12.2 Å². The normalized spacial score (nSPS) is 27.2. The standard InChI is InChI=1S/C11H19N3O/c1-10(2,3)14-8-12-13-9(14)11(4)6-5-7-15-11/h8H,5-7H2,1-4H3. The molecule has 1 atom stereocenters. The summed E-state index contributed by atoms with van der Waals surface area (Å²) in [5.74, 6) is 0.951. The van der Waals surface area contributed by atoms with Gasteiger partial charge in [-0.3, -0.25) is 0 Å². The molecule has 0 amide bonds. The maximum absolute atomic E-state index is 5.80. The van der Waals surface area contributed by atoms with E-state index in [0.717, 1.165) is 25.3 Å². The molecule has 0 radical (unpaired) electrons. The van der Waals surface area contributed by atoms with E-state index in [-0.39, 0.29) is 11.1 Å². The zero-order valence-electron chi connectivity index (χ0n) is 9.95. The lowest BCUT2D eigenvalue weighted by Crippen LogP contribution is -2.32. The van der Waals surface area contributed by atoms with Crippen molar-refractivity contribution >= 4 is 0 Å². The highest BCUT2D eigenvalue weighted by Gasteiger charge is 2.38. The van der Waals surface area contributed by atoms with Crippen LogP contribution in [0.3, 0.4) is 0 Å². The molecule has 0 aliphatic carbocycles. The molecule has 2 heterocycles. The van der Waals surface area contributed by atoms with Crippen LogP contribution in [-0.2, 0) is 15.9 Å². The molecular formula is C11H19N3O. The van der Waals surface area contributed by atoms with Crippen LogP contribution in [0.2, 0.25) is 0 Å². The van der Waals surface area contributed by atoms with Gasteiger partial charge in [0.15, 0.2) is 5.82 Å². The fraction of sp³-hybridized carbons (Fsp3) is 0.818. The topological polar surface area (TPSA) is 39.9 Å². The molecule has 15 heavy (non-hydrogen) atoms. The molecule has 0 N–H and O–H groups in total. The average Bonchev–Trinajstić information content (AvgIpc) is 2.69. The second-order valence-electron chi connectivity index (χ2n) is 5.38. The lowest BCUT2D eigenvalue weighted by Gasteiger charge is -2.29. The van der Waals surface area contributed by atoms with E-state index < -0.39 is 0 Å². The second-order valence-corrected chi connectivity index (χ2v) is 5.38. The molecule has 0 aromatic carbocycles. The molecule has 1 fully saturated rings. The fourth-order valence-corrected chi connectivity index (χ4v) is 2.04. The van der Waals surface area contributed by atoms with Gasteiger partial charge in [0.2, 0.25) is 0 Å². The number of ether oxygens (including phenoxy) is 1. The third-order valence-corrected chi connectivity index (χ3v) is 2.96. The Hall–Kier alpha value is -0.900. The summed E-state index contributed by atoms with van der Waals surface area (Å²) >= 11 is 0. The van der Waals surface area contributed by atoms with E-state index in [1.165, 1.54) is 0 Å². The summed E-state index contributed by atoms with van der Waals surface area (Å²) in [6.07, 6.45) is 3.93. The second kappa shape index (κ2) is 3.30. The van der Waals surface area contributed by atoms with Crippen molar-refractivity contribution in [3.63, 3.8) is 0 Å². The first-order valence-corrected chi connectivity index (χ1v) is 5.48. The van der Waals surface area contributed by atoms with E-state index in [2.05, 4.69) is 42.5 Å². The van der Waals surface area contributed by atoms with Gasteiger partial charge in [0.05, 0.1) is 0 Å². The lowest BCUT2D eigenvalue weighted by atomic mass is 10.00. The first-order valence-electron chi connectivity index (χ1n) is 5.48. The first kappa shape index (κ1) is 10.6. The van der Waals surface area contributed by atoms with Crippen LogP contribution >= 0.6 is 0 Å². The van der Waals surface area contributed by atoms with Crippen LogP contribution in [0, 0.1) is 0 Å². The molecule has 0 bridgehead atoms. The predicted molar refractivity (Wildman–Crippen MR) is 57.6 cm³/mol. The molecule has 1 saturated heterocycles. The van der Waals surface area contributed by atoms with Crippen molar-refractivity contribution < 1.29 is 4.74 Å². The van der Waals surface area contributed by atoms with Crippen molar-refractivity contribution in [1.29, 1.82) is 0 Å². The highest BCUT2D eigenvalue weighted by Crippen LogP contribution is 2.35. The average molecular weight is 209 g/mol. The van der Waals surface area contributed by atoms with Crippen LogP contribution in [0.5, 0.6) is 0 Å². The van der Waals surface area contributed by atoms with Gasteiger partial charge in [0.25, 0.3) is 0 Å². The third-order valence-electron chi connectivity index (χ3n) is 2.96. The van der Waals surface area contributed by atoms with Gasteiger partial charge in [-0.2, -0.15) is 0 Å². The molecule has 0 saturated carbocycles. The summed E-state index contributed by atoms with van der Waals surface area (Å²) in [6, 6.07) is 0. The quantitative estimate of drug-likeness (QED) is 0.710. The van der Waals surface area contributed by atoms with Gasteiger partial charge in [-0.1, -0.05) is 0 Å². The minimum Gasteiger partial charge on any atom is -0.367 e. The Kier molecular flexibility index (Phi) is 2.34. The van der Waals surface area contributed by atoms with Crippen molar-refractivity contribution in [1.82, 2.24) is 14.8 Å². The van der Waals surface area contributed by atoms with Crippen LogP contribution in [0.25, 0.3) is 0 Å². The SMILES string of the molecule is CC1(c2nncn2C(C)(C)C)CCCO1. The van der Waals surface area contributed by atoms with Gasteiger partial charge in [0, 0.05) is 12.1 Å². The van der Waals surface area contributed by atoms with Crippen LogP contribution in [0.1, 0.15) is 46.4 Å². The molecule has 1 aliphatic rings. The van der Waals surface area contributed by atoms with Gasteiger partial charge in [-0.05, 0) is 40.5 Å². The third kappa shape index (κ3) is 1.78. The maximum Gasteiger partial charge on any atom is 0.165 e. The highest BCUT2D eigenvalue weighted by atomic mass is 16.5. The molecular weight excluding hydrogens is 190 g/mol. The first-order chi connectivity index (χ1) is 6.93. The maximum atomic E-state index is 5.80. The molecule has 84 valence electrons. The van der Waals surface area contributed by atoms with E-state index >= 15 is 0 Å². The molecule has 2 rings (SSSR count). The van der Waals surface area contributed by atoms with E-state index in [1.807, 2.05) is 0 Å². The summed E-state index contributed by atoms with van der Waals surface area (Å²) < 4.78 is 7.91. The zero-order chi connectivity index (χ0) is 11.1. The number of hydrogen-bond acceptors (Lipinski definition) is 3. The Morgan fingerprint density at radius 2 is 2.20 bits per heavy atom. The minimum atomic E-state index is -0.246. The predicted octanol–water partition coefficient (Wildman–Crippen LogP) is 2.06. The molecule has 1 aliphatic heterocycles. The minimum absolute atomic E-state index is 0.00773. The summed E-state index contributed by atoms with van der Waals surface area (Å²) in [6.45, 7) is 9.38. The number of aromatic nitrogens is 3. The summed E-state index contributed by atoms with van der Waals surface area (Å²) in [4.78, 5) is 0. The number of rotatable bonds is 1. The Morgan fingerprint density at radius 1 is 1.47 bits per heavy atom. The van der Waals surface area contributed by atoms with E-state index in [4.69, 9.17) is 4.74 Å². The molecule has 4 nitrogen and oxygen atoms in total. The molecule has 1 aromatic heterocycles. The van der Waals surface area contributed by atoms with E-state index in [9.17, 15) is 0 Å². The number of hydrogen-bond donors (Lipinski definition) is 0.